The first-order chi connectivity index (χ1) is 6.24. The third-order valence-electron chi connectivity index (χ3n) is 1.39. The van der Waals surface area contributed by atoms with E-state index in [1.165, 1.54) is 17.7 Å². The summed E-state index contributed by atoms with van der Waals surface area (Å²) >= 11 is 0. The Kier molecular flexibility index (Phi) is 6.45. The Morgan fingerprint density at radius 1 is 1.46 bits per heavy atom. The lowest BCUT2D eigenvalue weighted by Crippen LogP contribution is -2.18. The number of hydrazine groups is 1. The van der Waals surface area contributed by atoms with Gasteiger partial charge in [0.1, 0.15) is 5.82 Å². The van der Waals surface area contributed by atoms with E-state index in [0.717, 1.165) is 6.42 Å². The highest BCUT2D eigenvalue weighted by Crippen LogP contribution is 2.01. The molecule has 1 aromatic carbocycles. The Bertz CT molecular complexity index is 236. The lowest BCUT2D eigenvalue weighted by Gasteiger charge is -1.92. The molecule has 1 amide bonds. The molecule has 4 heteroatoms. The van der Waals surface area contributed by atoms with Crippen LogP contribution in [0.3, 0.4) is 0 Å². The van der Waals surface area contributed by atoms with Crippen LogP contribution in [0.2, 0.25) is 0 Å². The van der Waals surface area contributed by atoms with Crippen molar-refractivity contribution in [1.29, 1.82) is 0 Å². The van der Waals surface area contributed by atoms with Gasteiger partial charge in [-0.2, -0.15) is 0 Å². The molecule has 0 saturated heterocycles. The lowest BCUT2D eigenvalue weighted by molar-refractivity contribution is -0.109. The monoisotopic (exact) mass is 184 g/mol. The summed E-state index contributed by atoms with van der Waals surface area (Å²) in [6.07, 6.45) is 1.38. The van der Waals surface area contributed by atoms with Crippen molar-refractivity contribution in [3.63, 3.8) is 0 Å². The van der Waals surface area contributed by atoms with Crippen LogP contribution in [-0.2, 0) is 11.2 Å². The molecule has 3 N–H and O–H groups in total. The van der Waals surface area contributed by atoms with Crippen LogP contribution in [0.4, 0.5) is 4.39 Å². The van der Waals surface area contributed by atoms with Gasteiger partial charge in [0.25, 0.3) is 0 Å². The summed E-state index contributed by atoms with van der Waals surface area (Å²) in [5.74, 6) is 4.25. The topological polar surface area (TPSA) is 55.1 Å². The Hall–Kier alpha value is -1.42. The Labute approximate surface area is 76.7 Å². The van der Waals surface area contributed by atoms with Crippen LogP contribution in [0.15, 0.2) is 24.3 Å². The van der Waals surface area contributed by atoms with E-state index in [4.69, 9.17) is 4.79 Å². The zero-order valence-corrected chi connectivity index (χ0v) is 7.46. The van der Waals surface area contributed by atoms with Gasteiger partial charge in [-0.15, -0.1) is 0 Å². The van der Waals surface area contributed by atoms with Gasteiger partial charge in [0.05, 0.1) is 0 Å². The first-order valence-corrected chi connectivity index (χ1v) is 3.88. The maximum absolute atomic E-state index is 12.2. The maximum atomic E-state index is 12.2. The fourth-order valence-corrected chi connectivity index (χ4v) is 0.720. The molecule has 0 fully saturated rings. The third kappa shape index (κ3) is 5.81. The first-order valence-electron chi connectivity index (χ1n) is 3.88. The van der Waals surface area contributed by atoms with Crippen molar-refractivity contribution in [2.45, 2.75) is 13.3 Å². The van der Waals surface area contributed by atoms with E-state index < -0.39 is 0 Å². The number of carbonyl (C=O) groups excluding carboxylic acids is 1. The van der Waals surface area contributed by atoms with Gasteiger partial charge in [-0.1, -0.05) is 19.1 Å². The van der Waals surface area contributed by atoms with E-state index in [9.17, 15) is 4.39 Å². The van der Waals surface area contributed by atoms with E-state index >= 15 is 0 Å². The molecule has 0 aliphatic carbocycles. The molecule has 1 rings (SSSR count). The van der Waals surface area contributed by atoms with Crippen LogP contribution in [-0.4, -0.2) is 6.41 Å². The normalized spacial score (nSPS) is 8.23. The lowest BCUT2D eigenvalue weighted by atomic mass is 10.2. The minimum Gasteiger partial charge on any atom is -0.297 e. The molecule has 1 aromatic rings. The van der Waals surface area contributed by atoms with Crippen molar-refractivity contribution in [3.8, 4) is 0 Å². The molecule has 0 aromatic heterocycles. The fourth-order valence-electron chi connectivity index (χ4n) is 0.720. The van der Waals surface area contributed by atoms with E-state index in [1.54, 1.807) is 17.6 Å². The van der Waals surface area contributed by atoms with Crippen LogP contribution in [0.1, 0.15) is 12.5 Å². The van der Waals surface area contributed by atoms with Gasteiger partial charge < -0.3 is 0 Å². The largest absolute Gasteiger partial charge is 0.297 e. The molecule has 13 heavy (non-hydrogen) atoms. The molecule has 0 spiro atoms. The number of rotatable bonds is 2. The molecular weight excluding hydrogens is 171 g/mol. The zero-order chi connectivity index (χ0) is 10.1. The molecule has 72 valence electrons. The molecule has 0 aliphatic heterocycles. The second kappa shape index (κ2) is 7.24. The number of carbonyl (C=O) groups is 1. The molecule has 0 atom stereocenters. The molecular formula is C9H13FN2O. The second-order valence-corrected chi connectivity index (χ2v) is 2.26. The minimum atomic E-state index is -0.160. The summed E-state index contributed by atoms with van der Waals surface area (Å²) in [7, 11) is 0. The molecule has 0 radical (unpaired) electrons. The average Bonchev–Trinajstić information content (AvgIpc) is 2.19. The Morgan fingerprint density at radius 3 is 2.23 bits per heavy atom. The summed E-state index contributed by atoms with van der Waals surface area (Å²) in [4.78, 5) is 8.94. The number of benzene rings is 1. The molecule has 0 heterocycles. The predicted molar refractivity (Wildman–Crippen MR) is 49.2 cm³/mol. The Morgan fingerprint density at radius 2 is 1.92 bits per heavy atom. The van der Waals surface area contributed by atoms with Gasteiger partial charge in [-0.25, -0.2) is 10.2 Å². The highest BCUT2D eigenvalue weighted by Gasteiger charge is 1.87. The van der Waals surface area contributed by atoms with Crippen LogP contribution >= 0.6 is 0 Å². The van der Waals surface area contributed by atoms with E-state index in [0.29, 0.717) is 6.41 Å². The van der Waals surface area contributed by atoms with E-state index in [2.05, 4.69) is 5.84 Å². The summed E-state index contributed by atoms with van der Waals surface area (Å²) in [5, 5.41) is 0. The van der Waals surface area contributed by atoms with Crippen LogP contribution in [0.5, 0.6) is 0 Å². The number of hydrogen-bond acceptors (Lipinski definition) is 2. The molecule has 0 bridgehead atoms. The molecule has 3 nitrogen and oxygen atoms in total. The summed E-state index contributed by atoms with van der Waals surface area (Å²) < 4.78 is 12.2. The number of hydrogen-bond donors (Lipinski definition) is 2. The van der Waals surface area contributed by atoms with Gasteiger partial charge in [-0.05, 0) is 24.1 Å². The van der Waals surface area contributed by atoms with Crippen molar-refractivity contribution in [2.24, 2.45) is 5.84 Å². The minimum absolute atomic E-state index is 0.160. The van der Waals surface area contributed by atoms with Crippen molar-refractivity contribution >= 4 is 6.41 Å². The van der Waals surface area contributed by atoms with Crippen molar-refractivity contribution in [2.75, 3.05) is 0 Å². The number of halogens is 1. The average molecular weight is 184 g/mol. The maximum Gasteiger partial charge on any atom is 0.221 e. The predicted octanol–water partition coefficient (Wildman–Crippen LogP) is 0.994. The van der Waals surface area contributed by atoms with Crippen LogP contribution in [0.25, 0.3) is 0 Å². The van der Waals surface area contributed by atoms with Crippen LogP contribution < -0.4 is 11.3 Å². The quantitative estimate of drug-likeness (QED) is 0.312. The smallest absolute Gasteiger partial charge is 0.221 e. The summed E-state index contributed by atoms with van der Waals surface area (Å²) in [5.41, 5.74) is 2.93. The van der Waals surface area contributed by atoms with Gasteiger partial charge in [0.2, 0.25) is 6.41 Å². The van der Waals surface area contributed by atoms with Gasteiger partial charge in [-0.3, -0.25) is 10.2 Å². The first kappa shape index (κ1) is 11.6. The van der Waals surface area contributed by atoms with Crippen molar-refractivity contribution in [1.82, 2.24) is 5.43 Å². The fraction of sp³-hybridized carbons (Fsp3) is 0.222. The van der Waals surface area contributed by atoms with Crippen molar-refractivity contribution < 1.29 is 9.18 Å². The highest BCUT2D eigenvalue weighted by molar-refractivity contribution is 5.44. The number of nitrogens with one attached hydrogen (secondary N) is 1. The Balaban J connectivity index is 0.000000310. The summed E-state index contributed by atoms with van der Waals surface area (Å²) in [6.45, 7) is 2.05. The molecule has 0 saturated carbocycles. The van der Waals surface area contributed by atoms with Gasteiger partial charge in [0, 0.05) is 0 Å². The van der Waals surface area contributed by atoms with Gasteiger partial charge >= 0.3 is 0 Å². The number of nitrogens with two attached hydrogens (primary N) is 1. The van der Waals surface area contributed by atoms with Crippen LogP contribution in [0, 0.1) is 5.82 Å². The number of amides is 1. The third-order valence-corrected chi connectivity index (χ3v) is 1.39. The molecule has 0 unspecified atom stereocenters. The zero-order valence-electron chi connectivity index (χ0n) is 7.46. The van der Waals surface area contributed by atoms with Crippen molar-refractivity contribution in [3.05, 3.63) is 35.6 Å². The summed E-state index contributed by atoms with van der Waals surface area (Å²) in [6, 6.07) is 6.57. The standard InChI is InChI=1S/C8H9F.CH4N2O/c1-2-7-3-5-8(9)6-4-7;2-3-1-4/h3-6H,2H2,1H3;1H,2H2,(H,3,4). The van der Waals surface area contributed by atoms with E-state index in [1.807, 2.05) is 6.92 Å². The molecule has 0 aliphatic rings. The van der Waals surface area contributed by atoms with E-state index in [-0.39, 0.29) is 5.82 Å². The van der Waals surface area contributed by atoms with Gasteiger partial charge in [0.15, 0.2) is 0 Å². The SMILES string of the molecule is CCc1ccc(F)cc1.NNC=O. The number of aryl methyl sites for hydroxylation is 1. The highest BCUT2D eigenvalue weighted by atomic mass is 19.1. The second-order valence-electron chi connectivity index (χ2n) is 2.26.